The lowest BCUT2D eigenvalue weighted by atomic mass is 9.34. The van der Waals surface area contributed by atoms with Crippen molar-refractivity contribution >= 4 is 23.9 Å². The van der Waals surface area contributed by atoms with Crippen molar-refractivity contribution in [2.24, 2.45) is 50.2 Å². The molecule has 292 valence electrons. The highest BCUT2D eigenvalue weighted by Crippen LogP contribution is 2.75. The molecule has 6 aliphatic rings. The molecule has 10 heteroatoms. The number of esters is 3. The van der Waals surface area contributed by atoms with E-state index in [4.69, 9.17) is 23.7 Å². The zero-order chi connectivity index (χ0) is 38.4. The summed E-state index contributed by atoms with van der Waals surface area (Å²) in [5, 5.41) is 10.7. The largest absolute Gasteiger partial charge is 0.481 e. The molecule has 0 spiro atoms. The van der Waals surface area contributed by atoms with E-state index >= 15 is 0 Å². The van der Waals surface area contributed by atoms with Crippen LogP contribution in [-0.4, -0.2) is 65.8 Å². The van der Waals surface area contributed by atoms with Crippen LogP contribution in [0.4, 0.5) is 0 Å². The zero-order valence-electron chi connectivity index (χ0n) is 33.5. The molecule has 6 rings (SSSR count). The van der Waals surface area contributed by atoms with Crippen LogP contribution in [0.1, 0.15) is 140 Å². The predicted octanol–water partition coefficient (Wildman–Crippen LogP) is 7.80. The maximum Gasteiger partial charge on any atom is 0.310 e. The minimum Gasteiger partial charge on any atom is -0.481 e. The van der Waals surface area contributed by atoms with Crippen LogP contribution in [0.2, 0.25) is 0 Å². The number of fused-ring (bicyclic) bond motifs is 7. The standard InChI is InChI=1S/C42H64O10/c1-23-32(49-24(2)43)33(50-25(3)44)34(51-26(4)45)35(48-23)52-31-15-18-39(9)27(38(31,7)8)12-16-40(10)28(39)13-17-41(11)29(40)14-19-42(36(46)47)21-20-37(5,6)22-30(41)42/h14,23,27-28,30-35H,12-13,15-22H2,1-11H3,(H,46,47)/t23-,27-,28+,30-,31-,32-,33+,34+,35-,39-,40+,41+,42+/m0/s1. The maximum absolute atomic E-state index is 13.1. The topological polar surface area (TPSA) is 135 Å². The van der Waals surface area contributed by atoms with E-state index in [0.717, 1.165) is 57.8 Å². The highest BCUT2D eigenvalue weighted by Gasteiger charge is 2.69. The molecule has 52 heavy (non-hydrogen) atoms. The van der Waals surface area contributed by atoms with Gasteiger partial charge in [0.1, 0.15) is 0 Å². The van der Waals surface area contributed by atoms with Gasteiger partial charge in [-0.05, 0) is 116 Å². The van der Waals surface area contributed by atoms with Gasteiger partial charge in [0.25, 0.3) is 0 Å². The van der Waals surface area contributed by atoms with Gasteiger partial charge in [0.05, 0.1) is 17.6 Å². The molecule has 0 aromatic carbocycles. The van der Waals surface area contributed by atoms with Gasteiger partial charge in [-0.15, -0.1) is 0 Å². The lowest BCUT2D eigenvalue weighted by molar-refractivity contribution is -0.327. The van der Waals surface area contributed by atoms with Crippen molar-refractivity contribution in [3.05, 3.63) is 11.6 Å². The second-order valence-corrected chi connectivity index (χ2v) is 19.6. The van der Waals surface area contributed by atoms with Crippen LogP contribution in [0.3, 0.4) is 0 Å². The van der Waals surface area contributed by atoms with Gasteiger partial charge in [-0.2, -0.15) is 0 Å². The first kappa shape index (κ1) is 39.2. The van der Waals surface area contributed by atoms with E-state index in [0.29, 0.717) is 18.3 Å². The zero-order valence-corrected chi connectivity index (χ0v) is 33.5. The molecule has 10 nitrogen and oxygen atoms in total. The Bertz CT molecular complexity index is 1500. The van der Waals surface area contributed by atoms with Crippen molar-refractivity contribution < 1.29 is 48.0 Å². The van der Waals surface area contributed by atoms with E-state index in [2.05, 4.69) is 54.5 Å². The van der Waals surface area contributed by atoms with Crippen LogP contribution in [0.25, 0.3) is 0 Å². The maximum atomic E-state index is 13.1. The number of hydrogen-bond donors (Lipinski definition) is 1. The molecular weight excluding hydrogens is 664 g/mol. The third-order valence-corrected chi connectivity index (χ3v) is 15.6. The number of hydrogen-bond acceptors (Lipinski definition) is 9. The Hall–Kier alpha value is -2.46. The predicted molar refractivity (Wildman–Crippen MR) is 193 cm³/mol. The fourth-order valence-electron chi connectivity index (χ4n) is 13.3. The van der Waals surface area contributed by atoms with Gasteiger partial charge in [-0.1, -0.05) is 60.1 Å². The summed E-state index contributed by atoms with van der Waals surface area (Å²) >= 11 is 0. The molecule has 5 fully saturated rings. The fourth-order valence-corrected chi connectivity index (χ4v) is 13.3. The minimum atomic E-state index is -1.13. The Morgan fingerprint density at radius 3 is 1.87 bits per heavy atom. The third kappa shape index (κ3) is 6.14. The molecule has 1 aliphatic heterocycles. The van der Waals surface area contributed by atoms with Crippen LogP contribution in [0, 0.1) is 50.2 Å². The number of carbonyl (C=O) groups excluding carboxylic acids is 3. The SMILES string of the molecule is CC(=O)O[C@@H]1[C@@H](OC(C)=O)[C@H](C)O[C@@H](O[C@H]2CC[C@]3(C)[C@H]4CC[C@]5(C)C(=CC[C@@]6(C(=O)O)CCC(C)(C)C[C@H]65)[C@]4(C)CC[C@H]3C2(C)C)[C@@H]1OC(C)=O. The molecule has 1 saturated heterocycles. The first-order valence-corrected chi connectivity index (χ1v) is 19.8. The van der Waals surface area contributed by atoms with Crippen molar-refractivity contribution in [1.29, 1.82) is 0 Å². The smallest absolute Gasteiger partial charge is 0.310 e. The molecule has 1 N–H and O–H groups in total. The second kappa shape index (κ2) is 13.1. The molecule has 0 aromatic rings. The van der Waals surface area contributed by atoms with Crippen molar-refractivity contribution in [1.82, 2.24) is 0 Å². The van der Waals surface area contributed by atoms with Crippen LogP contribution in [-0.2, 0) is 42.9 Å². The molecule has 0 unspecified atom stereocenters. The molecule has 4 saturated carbocycles. The number of carboxylic acid groups (broad SMARTS) is 1. The van der Waals surface area contributed by atoms with E-state index in [1.54, 1.807) is 6.92 Å². The monoisotopic (exact) mass is 728 g/mol. The fraction of sp³-hybridized carbons (Fsp3) is 0.857. The molecular formula is C42H64O10. The Labute approximate surface area is 310 Å². The highest BCUT2D eigenvalue weighted by molar-refractivity contribution is 5.76. The molecule has 0 aromatic heterocycles. The Kier molecular flexibility index (Phi) is 9.88. The quantitative estimate of drug-likeness (QED) is 0.125. The summed E-state index contributed by atoms with van der Waals surface area (Å²) < 4.78 is 30.1. The average Bonchev–Trinajstić information content (AvgIpc) is 3.01. The number of ether oxygens (including phenoxy) is 5. The Morgan fingerprint density at radius 2 is 1.27 bits per heavy atom. The molecule has 13 atom stereocenters. The highest BCUT2D eigenvalue weighted by atomic mass is 16.7. The molecule has 0 radical (unpaired) electrons. The van der Waals surface area contributed by atoms with Crippen molar-refractivity contribution in [2.45, 2.75) is 177 Å². The van der Waals surface area contributed by atoms with Crippen molar-refractivity contribution in [2.75, 3.05) is 0 Å². The summed E-state index contributed by atoms with van der Waals surface area (Å²) in [6.45, 7) is 22.2. The lowest BCUT2D eigenvalue weighted by Gasteiger charge is -2.70. The van der Waals surface area contributed by atoms with Crippen molar-refractivity contribution in [3.8, 4) is 0 Å². The molecule has 0 amide bonds. The van der Waals surface area contributed by atoms with E-state index in [9.17, 15) is 24.3 Å². The summed E-state index contributed by atoms with van der Waals surface area (Å²) in [7, 11) is 0. The van der Waals surface area contributed by atoms with Gasteiger partial charge >= 0.3 is 23.9 Å². The summed E-state index contributed by atoms with van der Waals surface area (Å²) in [6, 6.07) is 0. The van der Waals surface area contributed by atoms with Crippen LogP contribution in [0.5, 0.6) is 0 Å². The van der Waals surface area contributed by atoms with Crippen LogP contribution in [0.15, 0.2) is 11.6 Å². The van der Waals surface area contributed by atoms with Gasteiger partial charge in [-0.3, -0.25) is 19.2 Å². The Morgan fingerprint density at radius 1 is 0.712 bits per heavy atom. The summed E-state index contributed by atoms with van der Waals surface area (Å²) in [5.41, 5.74) is 0.583. The number of carboxylic acids is 1. The van der Waals surface area contributed by atoms with Gasteiger partial charge < -0.3 is 28.8 Å². The van der Waals surface area contributed by atoms with E-state index in [1.165, 1.54) is 26.3 Å². The van der Waals surface area contributed by atoms with E-state index in [1.807, 2.05) is 0 Å². The van der Waals surface area contributed by atoms with Crippen molar-refractivity contribution in [3.63, 3.8) is 0 Å². The van der Waals surface area contributed by atoms with Gasteiger partial charge in [0.15, 0.2) is 24.6 Å². The molecule has 1 heterocycles. The summed E-state index contributed by atoms with van der Waals surface area (Å²) in [6.07, 6.45) is 6.40. The first-order chi connectivity index (χ1) is 24.0. The number of carbonyl (C=O) groups is 4. The van der Waals surface area contributed by atoms with E-state index in [-0.39, 0.29) is 39.1 Å². The first-order valence-electron chi connectivity index (χ1n) is 19.8. The number of rotatable bonds is 6. The van der Waals surface area contributed by atoms with Crippen LogP contribution < -0.4 is 0 Å². The normalized spacial score (nSPS) is 46.1. The van der Waals surface area contributed by atoms with E-state index < -0.39 is 60.0 Å². The van der Waals surface area contributed by atoms with Gasteiger partial charge in [0.2, 0.25) is 0 Å². The number of aliphatic carboxylic acids is 1. The summed E-state index contributed by atoms with van der Waals surface area (Å²) in [5.74, 6) is -1.44. The third-order valence-electron chi connectivity index (χ3n) is 15.6. The summed E-state index contributed by atoms with van der Waals surface area (Å²) in [4.78, 5) is 49.7. The molecule has 5 aliphatic carbocycles. The average molecular weight is 729 g/mol. The Balaban J connectivity index is 1.28. The van der Waals surface area contributed by atoms with Crippen LogP contribution >= 0.6 is 0 Å². The lowest BCUT2D eigenvalue weighted by Crippen LogP contribution is -2.65. The second-order valence-electron chi connectivity index (χ2n) is 19.6. The minimum absolute atomic E-state index is 0.0143. The van der Waals surface area contributed by atoms with Gasteiger partial charge in [-0.25, -0.2) is 0 Å². The van der Waals surface area contributed by atoms with Gasteiger partial charge in [0, 0.05) is 20.8 Å². The molecule has 0 bridgehead atoms. The number of allylic oxidation sites excluding steroid dienone is 2.